The summed E-state index contributed by atoms with van der Waals surface area (Å²) >= 11 is 10.5. The Bertz CT molecular complexity index is 1140. The van der Waals surface area contributed by atoms with Crippen LogP contribution in [0.5, 0.6) is 17.2 Å². The van der Waals surface area contributed by atoms with Gasteiger partial charge in [0.15, 0.2) is 0 Å². The van der Waals surface area contributed by atoms with Crippen molar-refractivity contribution in [1.82, 2.24) is 0 Å². The lowest BCUT2D eigenvalue weighted by Gasteiger charge is -2.17. The van der Waals surface area contributed by atoms with Gasteiger partial charge < -0.3 is 18.8 Å². The van der Waals surface area contributed by atoms with Gasteiger partial charge >= 0.3 is 0 Å². The van der Waals surface area contributed by atoms with Gasteiger partial charge in [-0.25, -0.2) is 0 Å². The van der Waals surface area contributed by atoms with Gasteiger partial charge in [-0.3, -0.25) is 4.79 Å². The summed E-state index contributed by atoms with van der Waals surface area (Å²) in [4.78, 5) is 13.5. The molecule has 0 aliphatic carbocycles. The minimum atomic E-state index is -1.73. The first-order chi connectivity index (χ1) is 15.9. The summed E-state index contributed by atoms with van der Waals surface area (Å²) in [5.74, 6) is 0.983. The standard InChI is InChI=1S/C25H22Cl2O5S/c1-30-19-12-22(31-2)20(23(13-19)32-3)14-24(25(28)16-8-10-18(26)11-9-16)33(29)15-17-6-4-5-7-21(17)27/h4-14H,15H2,1-3H3/b24-14+. The molecular weight excluding hydrogens is 483 g/mol. The highest BCUT2D eigenvalue weighted by atomic mass is 35.5. The SMILES string of the molecule is COc1cc(OC)c(/C=C(\C(=O)c2ccc(Cl)cc2)[S+]([O-])Cc2ccccc2Cl)c(OC)c1. The zero-order chi connectivity index (χ0) is 24.0. The third-order valence-corrected chi connectivity index (χ3v) is 6.84. The van der Waals surface area contributed by atoms with Crippen molar-refractivity contribution in [2.75, 3.05) is 21.3 Å². The molecule has 0 saturated heterocycles. The number of halogens is 2. The van der Waals surface area contributed by atoms with E-state index in [0.29, 0.717) is 44.0 Å². The molecule has 3 aromatic carbocycles. The van der Waals surface area contributed by atoms with Gasteiger partial charge in [-0.2, -0.15) is 0 Å². The molecule has 3 rings (SSSR count). The molecule has 33 heavy (non-hydrogen) atoms. The number of benzene rings is 3. The topological polar surface area (TPSA) is 67.8 Å². The van der Waals surface area contributed by atoms with E-state index in [4.69, 9.17) is 37.4 Å². The summed E-state index contributed by atoms with van der Waals surface area (Å²) in [6.45, 7) is 0. The lowest BCUT2D eigenvalue weighted by molar-refractivity contribution is 0.104. The number of carbonyl (C=O) groups is 1. The second-order valence-corrected chi connectivity index (χ2v) is 9.13. The van der Waals surface area contributed by atoms with Gasteiger partial charge in [0.25, 0.3) is 0 Å². The Labute approximate surface area is 206 Å². The zero-order valence-electron chi connectivity index (χ0n) is 18.3. The fraction of sp³-hybridized carbons (Fsp3) is 0.160. The van der Waals surface area contributed by atoms with E-state index in [1.165, 1.54) is 27.4 Å². The lowest BCUT2D eigenvalue weighted by Crippen LogP contribution is -2.16. The fourth-order valence-electron chi connectivity index (χ4n) is 3.12. The highest BCUT2D eigenvalue weighted by Gasteiger charge is 2.27. The molecule has 1 unspecified atom stereocenters. The van der Waals surface area contributed by atoms with Crippen LogP contribution in [0.3, 0.4) is 0 Å². The Kier molecular flexibility index (Phi) is 8.69. The molecule has 0 bridgehead atoms. The van der Waals surface area contributed by atoms with Crippen LogP contribution < -0.4 is 14.2 Å². The van der Waals surface area contributed by atoms with Crippen LogP contribution in [0.25, 0.3) is 6.08 Å². The van der Waals surface area contributed by atoms with Crippen LogP contribution in [-0.2, 0) is 16.9 Å². The van der Waals surface area contributed by atoms with E-state index in [1.54, 1.807) is 60.7 Å². The number of carbonyl (C=O) groups excluding carboxylic acids is 1. The van der Waals surface area contributed by atoms with Gasteiger partial charge in [0.1, 0.15) is 23.0 Å². The second kappa shape index (κ2) is 11.5. The average molecular weight is 505 g/mol. The third kappa shape index (κ3) is 6.03. The van der Waals surface area contributed by atoms with Crippen molar-refractivity contribution in [3.63, 3.8) is 0 Å². The van der Waals surface area contributed by atoms with E-state index < -0.39 is 17.0 Å². The van der Waals surface area contributed by atoms with Gasteiger partial charge in [-0.05, 0) is 41.5 Å². The fourth-order valence-corrected chi connectivity index (χ4v) is 4.79. The summed E-state index contributed by atoms with van der Waals surface area (Å²) in [5, 5.41) is 0.969. The van der Waals surface area contributed by atoms with Crippen molar-refractivity contribution in [2.45, 2.75) is 5.75 Å². The number of ether oxygens (including phenoxy) is 3. The smallest absolute Gasteiger partial charge is 0.240 e. The van der Waals surface area contributed by atoms with Crippen LogP contribution in [0, 0.1) is 0 Å². The molecule has 0 aromatic heterocycles. The Morgan fingerprint density at radius 1 is 0.939 bits per heavy atom. The van der Waals surface area contributed by atoms with Crippen molar-refractivity contribution in [2.24, 2.45) is 0 Å². The minimum Gasteiger partial charge on any atom is -0.611 e. The monoisotopic (exact) mass is 504 g/mol. The third-order valence-electron chi connectivity index (χ3n) is 4.85. The molecule has 3 aromatic rings. The minimum absolute atomic E-state index is 0.0611. The van der Waals surface area contributed by atoms with Crippen LogP contribution in [0.15, 0.2) is 65.6 Å². The molecular formula is C25H22Cl2O5S. The van der Waals surface area contributed by atoms with Gasteiger partial charge in [0, 0.05) is 39.4 Å². The molecule has 0 aliphatic rings. The van der Waals surface area contributed by atoms with Crippen LogP contribution >= 0.6 is 23.2 Å². The number of methoxy groups -OCH3 is 3. The number of Topliss-reactive ketones (excluding diaryl/α,β-unsaturated/α-hetero) is 1. The molecule has 0 amide bonds. The summed E-state index contributed by atoms with van der Waals surface area (Å²) in [7, 11) is 4.51. The van der Waals surface area contributed by atoms with E-state index in [9.17, 15) is 9.35 Å². The predicted molar refractivity (Wildman–Crippen MR) is 133 cm³/mol. The number of hydrogen-bond acceptors (Lipinski definition) is 5. The first kappa shape index (κ1) is 25.0. The number of hydrogen-bond donors (Lipinski definition) is 0. The number of ketones is 1. The molecule has 5 nitrogen and oxygen atoms in total. The van der Waals surface area contributed by atoms with Crippen molar-refractivity contribution in [3.8, 4) is 17.2 Å². The Balaban J connectivity index is 2.14. The van der Waals surface area contributed by atoms with E-state index >= 15 is 0 Å². The summed E-state index contributed by atoms with van der Waals surface area (Å²) in [6, 6.07) is 16.8. The van der Waals surface area contributed by atoms with Crippen molar-refractivity contribution in [3.05, 3.63) is 92.3 Å². The maximum Gasteiger partial charge on any atom is 0.240 e. The molecule has 0 aliphatic heterocycles. The van der Waals surface area contributed by atoms with E-state index in [2.05, 4.69) is 0 Å². The summed E-state index contributed by atoms with van der Waals surface area (Å²) in [6.07, 6.45) is 1.53. The summed E-state index contributed by atoms with van der Waals surface area (Å²) in [5.41, 5.74) is 1.48. The maximum atomic E-state index is 13.5. The number of rotatable bonds is 9. The predicted octanol–water partition coefficient (Wildman–Crippen LogP) is 6.19. The lowest BCUT2D eigenvalue weighted by atomic mass is 10.1. The quantitative estimate of drug-likeness (QED) is 0.197. The Hall–Kier alpha value is -2.64. The van der Waals surface area contributed by atoms with Crippen LogP contribution in [0.1, 0.15) is 21.5 Å². The number of allylic oxidation sites excluding steroid dienone is 1. The van der Waals surface area contributed by atoms with Crippen LogP contribution in [0.4, 0.5) is 0 Å². The molecule has 0 spiro atoms. The average Bonchev–Trinajstić information content (AvgIpc) is 2.83. The normalized spacial score (nSPS) is 12.2. The molecule has 0 radical (unpaired) electrons. The molecule has 8 heteroatoms. The zero-order valence-corrected chi connectivity index (χ0v) is 20.6. The van der Waals surface area contributed by atoms with E-state index in [1.807, 2.05) is 0 Å². The van der Waals surface area contributed by atoms with Crippen molar-refractivity contribution in [1.29, 1.82) is 0 Å². The molecule has 0 N–H and O–H groups in total. The van der Waals surface area contributed by atoms with Gasteiger partial charge in [0.05, 0.1) is 26.9 Å². The van der Waals surface area contributed by atoms with Crippen molar-refractivity contribution < 1.29 is 23.6 Å². The Morgan fingerprint density at radius 2 is 1.55 bits per heavy atom. The second-order valence-electron chi connectivity index (χ2n) is 6.87. The first-order valence-corrected chi connectivity index (χ1v) is 11.9. The van der Waals surface area contributed by atoms with Gasteiger partial charge in [-0.15, -0.1) is 0 Å². The van der Waals surface area contributed by atoms with E-state index in [0.717, 1.165) is 0 Å². The highest BCUT2D eigenvalue weighted by Crippen LogP contribution is 2.37. The molecule has 0 heterocycles. The van der Waals surface area contributed by atoms with Gasteiger partial charge in [-0.1, -0.05) is 41.4 Å². The molecule has 0 saturated carbocycles. The van der Waals surface area contributed by atoms with E-state index in [-0.39, 0.29) is 10.7 Å². The van der Waals surface area contributed by atoms with Crippen LogP contribution in [-0.4, -0.2) is 31.7 Å². The van der Waals surface area contributed by atoms with Crippen molar-refractivity contribution >= 4 is 46.2 Å². The maximum absolute atomic E-state index is 13.5. The molecule has 172 valence electrons. The highest BCUT2D eigenvalue weighted by molar-refractivity contribution is 7.95. The Morgan fingerprint density at radius 3 is 2.09 bits per heavy atom. The van der Waals surface area contributed by atoms with Crippen LogP contribution in [0.2, 0.25) is 10.0 Å². The largest absolute Gasteiger partial charge is 0.611 e. The molecule has 1 atom stereocenters. The molecule has 0 fully saturated rings. The first-order valence-electron chi connectivity index (χ1n) is 9.81. The summed E-state index contributed by atoms with van der Waals surface area (Å²) < 4.78 is 29.8. The van der Waals surface area contributed by atoms with Gasteiger partial charge in [0.2, 0.25) is 10.7 Å².